The highest BCUT2D eigenvalue weighted by molar-refractivity contribution is 8.01. The lowest BCUT2D eigenvalue weighted by Crippen LogP contribution is -2.14. The number of Topliss-reactive ketones (excluding diaryl/α,β-unsaturated/α-hetero) is 1. The molecule has 0 heterocycles. The summed E-state index contributed by atoms with van der Waals surface area (Å²) in [4.78, 5) is 11.3. The minimum atomic E-state index is 0.215. The van der Waals surface area contributed by atoms with Crippen LogP contribution in [0.25, 0.3) is 0 Å². The van der Waals surface area contributed by atoms with Gasteiger partial charge in [0.15, 0.2) is 0 Å². The Morgan fingerprint density at radius 2 is 1.83 bits per heavy atom. The van der Waals surface area contributed by atoms with Crippen molar-refractivity contribution in [3.63, 3.8) is 0 Å². The summed E-state index contributed by atoms with van der Waals surface area (Å²) in [5.41, 5.74) is 0. The molecule has 0 atom stereocenters. The molecule has 2 heteroatoms. The molecule has 0 saturated heterocycles. The molecule has 0 aromatic carbocycles. The van der Waals surface area contributed by atoms with Crippen molar-refractivity contribution in [3.05, 3.63) is 0 Å². The summed E-state index contributed by atoms with van der Waals surface area (Å²) in [6, 6.07) is 0. The molecule has 72 valence electrons. The summed E-state index contributed by atoms with van der Waals surface area (Å²) in [6.45, 7) is 10.6. The van der Waals surface area contributed by atoms with Crippen LogP contribution in [-0.4, -0.2) is 16.3 Å². The molecule has 0 amide bonds. The Morgan fingerprint density at radius 3 is 2.17 bits per heavy atom. The van der Waals surface area contributed by atoms with Crippen LogP contribution >= 0.6 is 11.8 Å². The van der Waals surface area contributed by atoms with Gasteiger partial charge < -0.3 is 0 Å². The summed E-state index contributed by atoms with van der Waals surface area (Å²) < 4.78 is 0.215. The molecule has 0 aliphatic heterocycles. The second kappa shape index (κ2) is 4.90. The molecule has 0 aromatic rings. The van der Waals surface area contributed by atoms with E-state index in [-0.39, 0.29) is 4.75 Å². The van der Waals surface area contributed by atoms with E-state index in [4.69, 9.17) is 0 Å². The van der Waals surface area contributed by atoms with Gasteiger partial charge in [0.25, 0.3) is 0 Å². The lowest BCUT2D eigenvalue weighted by atomic mass is 10.1. The van der Waals surface area contributed by atoms with E-state index in [9.17, 15) is 4.79 Å². The molecule has 1 nitrogen and oxygen atoms in total. The fraction of sp³-hybridized carbons (Fsp3) is 0.900. The fourth-order valence-electron chi connectivity index (χ4n) is 0.811. The Balaban J connectivity index is 3.58. The SMILES string of the molecule is CC(C)CC(=O)CSC(C)(C)C. The van der Waals surface area contributed by atoms with Crippen LogP contribution in [-0.2, 0) is 4.79 Å². The molecule has 0 aromatic heterocycles. The molecule has 0 rings (SSSR count). The van der Waals surface area contributed by atoms with Crippen molar-refractivity contribution in [2.75, 3.05) is 5.75 Å². The number of hydrogen-bond acceptors (Lipinski definition) is 2. The first-order chi connectivity index (χ1) is 5.31. The second-order valence-electron chi connectivity index (χ2n) is 4.54. The van der Waals surface area contributed by atoms with Crippen LogP contribution in [0.4, 0.5) is 0 Å². The number of hydrogen-bond donors (Lipinski definition) is 0. The van der Waals surface area contributed by atoms with E-state index in [1.807, 2.05) is 0 Å². The van der Waals surface area contributed by atoms with Crippen molar-refractivity contribution >= 4 is 17.5 Å². The third kappa shape index (κ3) is 8.12. The van der Waals surface area contributed by atoms with E-state index in [2.05, 4.69) is 34.6 Å². The van der Waals surface area contributed by atoms with E-state index in [1.165, 1.54) is 0 Å². The lowest BCUT2D eigenvalue weighted by Gasteiger charge is -2.16. The van der Waals surface area contributed by atoms with Gasteiger partial charge in [0.2, 0.25) is 0 Å². The normalized spacial score (nSPS) is 12.2. The molecular formula is C10H20OS. The summed E-state index contributed by atoms with van der Waals surface area (Å²) >= 11 is 1.73. The van der Waals surface area contributed by atoms with Crippen LogP contribution in [0, 0.1) is 5.92 Å². The van der Waals surface area contributed by atoms with E-state index in [0.717, 1.165) is 6.42 Å². The van der Waals surface area contributed by atoms with Gasteiger partial charge in [-0.1, -0.05) is 34.6 Å². The average Bonchev–Trinajstić information content (AvgIpc) is 1.80. The molecule has 0 unspecified atom stereocenters. The zero-order valence-electron chi connectivity index (χ0n) is 8.81. The number of ketones is 1. The van der Waals surface area contributed by atoms with E-state index >= 15 is 0 Å². The zero-order chi connectivity index (χ0) is 9.78. The van der Waals surface area contributed by atoms with E-state index in [1.54, 1.807) is 11.8 Å². The second-order valence-corrected chi connectivity index (χ2v) is 6.34. The molecule has 0 bridgehead atoms. The van der Waals surface area contributed by atoms with Crippen LogP contribution in [0.1, 0.15) is 41.0 Å². The van der Waals surface area contributed by atoms with Crippen molar-refractivity contribution in [3.8, 4) is 0 Å². The molecule has 0 aliphatic rings. The van der Waals surface area contributed by atoms with E-state index < -0.39 is 0 Å². The summed E-state index contributed by atoms with van der Waals surface area (Å²) in [7, 11) is 0. The average molecular weight is 188 g/mol. The smallest absolute Gasteiger partial charge is 0.143 e. The zero-order valence-corrected chi connectivity index (χ0v) is 9.62. The maximum atomic E-state index is 11.3. The number of carbonyl (C=O) groups excluding carboxylic acids is 1. The maximum absolute atomic E-state index is 11.3. The van der Waals surface area contributed by atoms with Crippen molar-refractivity contribution in [2.24, 2.45) is 5.92 Å². The maximum Gasteiger partial charge on any atom is 0.143 e. The van der Waals surface area contributed by atoms with Gasteiger partial charge in [0.1, 0.15) is 5.78 Å². The van der Waals surface area contributed by atoms with Crippen molar-refractivity contribution in [1.82, 2.24) is 0 Å². The number of rotatable bonds is 4. The van der Waals surface area contributed by atoms with Gasteiger partial charge in [-0.2, -0.15) is 0 Å². The van der Waals surface area contributed by atoms with Crippen LogP contribution < -0.4 is 0 Å². The highest BCUT2D eigenvalue weighted by Crippen LogP contribution is 2.23. The monoisotopic (exact) mass is 188 g/mol. The molecule has 0 aliphatic carbocycles. The van der Waals surface area contributed by atoms with Crippen LogP contribution in [0.5, 0.6) is 0 Å². The largest absolute Gasteiger partial charge is 0.299 e. The summed E-state index contributed by atoms with van der Waals surface area (Å²) in [5, 5.41) is 0. The predicted octanol–water partition coefficient (Wildman–Crippen LogP) is 3.13. The minimum absolute atomic E-state index is 0.215. The number of thioether (sulfide) groups is 1. The molecule has 0 N–H and O–H groups in total. The fourth-order valence-corrected chi connectivity index (χ4v) is 1.52. The highest BCUT2D eigenvalue weighted by atomic mass is 32.2. The highest BCUT2D eigenvalue weighted by Gasteiger charge is 2.13. The third-order valence-electron chi connectivity index (χ3n) is 1.30. The quantitative estimate of drug-likeness (QED) is 0.674. The van der Waals surface area contributed by atoms with Gasteiger partial charge in [-0.15, -0.1) is 11.8 Å². The molecule has 0 spiro atoms. The van der Waals surface area contributed by atoms with Crippen molar-refractivity contribution in [2.45, 2.75) is 45.8 Å². The molecule has 0 saturated carbocycles. The van der Waals surface area contributed by atoms with Gasteiger partial charge in [-0.3, -0.25) is 4.79 Å². The summed E-state index contributed by atoms with van der Waals surface area (Å²) in [6.07, 6.45) is 0.725. The van der Waals surface area contributed by atoms with Crippen LogP contribution in [0.3, 0.4) is 0 Å². The van der Waals surface area contributed by atoms with Gasteiger partial charge in [-0.25, -0.2) is 0 Å². The van der Waals surface area contributed by atoms with Gasteiger partial charge in [0.05, 0.1) is 5.75 Å². The van der Waals surface area contributed by atoms with Crippen molar-refractivity contribution in [1.29, 1.82) is 0 Å². The Kier molecular flexibility index (Phi) is 4.91. The standard InChI is InChI=1S/C10H20OS/c1-8(2)6-9(11)7-12-10(3,4)5/h8H,6-7H2,1-5H3. The minimum Gasteiger partial charge on any atom is -0.299 e. The summed E-state index contributed by atoms with van der Waals surface area (Å²) in [5.74, 6) is 1.55. The predicted molar refractivity (Wildman–Crippen MR) is 56.7 cm³/mol. The van der Waals surface area contributed by atoms with Gasteiger partial charge in [-0.05, 0) is 5.92 Å². The molecule has 0 fully saturated rings. The first kappa shape index (κ1) is 12.0. The Hall–Kier alpha value is 0.0200. The van der Waals surface area contributed by atoms with Crippen LogP contribution in [0.2, 0.25) is 0 Å². The van der Waals surface area contributed by atoms with E-state index in [0.29, 0.717) is 17.5 Å². The van der Waals surface area contributed by atoms with Crippen LogP contribution in [0.15, 0.2) is 0 Å². The first-order valence-electron chi connectivity index (χ1n) is 4.47. The lowest BCUT2D eigenvalue weighted by molar-refractivity contribution is -0.117. The Morgan fingerprint density at radius 1 is 1.33 bits per heavy atom. The Labute approximate surface area is 80.3 Å². The Bertz CT molecular complexity index is 144. The van der Waals surface area contributed by atoms with Gasteiger partial charge >= 0.3 is 0 Å². The molecule has 0 radical (unpaired) electrons. The number of carbonyl (C=O) groups is 1. The van der Waals surface area contributed by atoms with Gasteiger partial charge in [0, 0.05) is 11.2 Å². The molecular weight excluding hydrogens is 168 g/mol. The molecule has 12 heavy (non-hydrogen) atoms. The first-order valence-corrected chi connectivity index (χ1v) is 5.45. The van der Waals surface area contributed by atoms with Crippen molar-refractivity contribution < 1.29 is 4.79 Å². The topological polar surface area (TPSA) is 17.1 Å². The third-order valence-corrected chi connectivity index (χ3v) is 2.63.